The van der Waals surface area contributed by atoms with Crippen LogP contribution in [0.25, 0.3) is 38.7 Å². The lowest BCUT2D eigenvalue weighted by Gasteiger charge is -2.11. The molecule has 0 atom stereocenters. The fourth-order valence-electron chi connectivity index (χ4n) is 4.06. The van der Waals surface area contributed by atoms with Crippen molar-refractivity contribution in [3.8, 4) is 28.0 Å². The second-order valence-corrected chi connectivity index (χ2v) is 10.1. The average Bonchev–Trinajstić information content (AvgIpc) is 3.32. The smallest absolute Gasteiger partial charge is 0.238 e. The normalized spacial score (nSPS) is 11.5. The second-order valence-electron chi connectivity index (χ2n) is 8.55. The quantitative estimate of drug-likeness (QED) is 0.332. The van der Waals surface area contributed by atoms with Crippen LogP contribution in [0.5, 0.6) is 5.75 Å². The van der Waals surface area contributed by atoms with E-state index >= 15 is 0 Å². The van der Waals surface area contributed by atoms with Gasteiger partial charge < -0.3 is 9.64 Å². The Bertz CT molecular complexity index is 1630. The number of ether oxygens (including phenoxy) is 1. The van der Waals surface area contributed by atoms with Crippen LogP contribution in [0.15, 0.2) is 84.1 Å². The fraction of sp³-hybridized carbons (Fsp3) is 0.214. The molecule has 0 radical (unpaired) electrons. The number of primary sulfonamides is 1. The Kier molecular flexibility index (Phi) is 7.87. The first-order valence-electron chi connectivity index (χ1n) is 12.1. The van der Waals surface area contributed by atoms with Gasteiger partial charge in [0.15, 0.2) is 5.65 Å². The maximum Gasteiger partial charge on any atom is 0.238 e. The molecule has 0 fully saturated rings. The molecule has 2 aromatic heterocycles. The van der Waals surface area contributed by atoms with Gasteiger partial charge in [-0.3, -0.25) is 0 Å². The minimum atomic E-state index is -3.85. The number of hydrogen-bond acceptors (Lipinski definition) is 6. The van der Waals surface area contributed by atoms with Gasteiger partial charge in [-0.15, -0.1) is 0 Å². The molecular formula is C28H31N5O3S. The van der Waals surface area contributed by atoms with Crippen molar-refractivity contribution < 1.29 is 13.2 Å². The lowest BCUT2D eigenvalue weighted by molar-refractivity contribution is 0.261. The average molecular weight is 518 g/mol. The van der Waals surface area contributed by atoms with Crippen molar-refractivity contribution in [1.82, 2.24) is 19.5 Å². The van der Waals surface area contributed by atoms with E-state index in [2.05, 4.69) is 15.0 Å². The van der Waals surface area contributed by atoms with Crippen molar-refractivity contribution in [3.05, 3.63) is 79.3 Å². The van der Waals surface area contributed by atoms with Crippen LogP contribution in [0.4, 0.5) is 0 Å². The fourth-order valence-corrected chi connectivity index (χ4v) is 4.80. The van der Waals surface area contributed by atoms with E-state index in [1.165, 1.54) is 6.07 Å². The molecule has 0 aliphatic heterocycles. The molecule has 5 aromatic rings. The van der Waals surface area contributed by atoms with Gasteiger partial charge >= 0.3 is 0 Å². The summed E-state index contributed by atoms with van der Waals surface area (Å²) in [6.45, 7) is 5.48. The molecule has 0 saturated heterocycles. The standard InChI is InChI=1S/C26H25N5O3S.C2H6/c1-30(2)13-14-34-20-9-7-18(8-10-20)19-15-28-26-24(16-29-31(26)17-19)22-11-12-25(35(27,32)33)23-6-4-3-5-21(22)23;1-2/h3-12,15-17H,13-14H2,1-2H3,(H2,27,32,33);1-2H3. The van der Waals surface area contributed by atoms with Crippen LogP contribution >= 0.6 is 0 Å². The number of aromatic nitrogens is 3. The number of hydrogen-bond donors (Lipinski definition) is 1. The third kappa shape index (κ3) is 5.64. The van der Waals surface area contributed by atoms with E-state index in [1.807, 2.05) is 76.7 Å². The number of rotatable bonds is 7. The number of benzene rings is 3. The van der Waals surface area contributed by atoms with Crippen molar-refractivity contribution >= 4 is 26.4 Å². The summed E-state index contributed by atoms with van der Waals surface area (Å²) in [5, 5.41) is 11.3. The van der Waals surface area contributed by atoms with Gasteiger partial charge in [0, 0.05) is 35.5 Å². The molecule has 0 aliphatic carbocycles. The molecule has 0 bridgehead atoms. The van der Waals surface area contributed by atoms with Gasteiger partial charge in [0.2, 0.25) is 10.0 Å². The monoisotopic (exact) mass is 517 g/mol. The summed E-state index contributed by atoms with van der Waals surface area (Å²) in [7, 11) is 0.171. The van der Waals surface area contributed by atoms with Crippen LogP contribution in [-0.2, 0) is 10.0 Å². The highest BCUT2D eigenvalue weighted by atomic mass is 32.2. The van der Waals surface area contributed by atoms with Crippen molar-refractivity contribution in [3.63, 3.8) is 0 Å². The third-order valence-electron chi connectivity index (χ3n) is 5.83. The van der Waals surface area contributed by atoms with Gasteiger partial charge in [0.1, 0.15) is 12.4 Å². The van der Waals surface area contributed by atoms with Crippen LogP contribution in [0, 0.1) is 0 Å². The molecule has 8 nitrogen and oxygen atoms in total. The zero-order chi connectivity index (χ0) is 26.6. The highest BCUT2D eigenvalue weighted by molar-refractivity contribution is 7.89. The van der Waals surface area contributed by atoms with Crippen LogP contribution < -0.4 is 9.88 Å². The largest absolute Gasteiger partial charge is 0.492 e. The maximum atomic E-state index is 12.1. The third-order valence-corrected chi connectivity index (χ3v) is 6.80. The summed E-state index contributed by atoms with van der Waals surface area (Å²) in [5.74, 6) is 0.820. The molecule has 3 aromatic carbocycles. The highest BCUT2D eigenvalue weighted by Gasteiger charge is 2.17. The summed E-state index contributed by atoms with van der Waals surface area (Å²) in [6.07, 6.45) is 5.48. The molecular weight excluding hydrogens is 486 g/mol. The Morgan fingerprint density at radius 1 is 0.892 bits per heavy atom. The van der Waals surface area contributed by atoms with E-state index in [1.54, 1.807) is 28.9 Å². The van der Waals surface area contributed by atoms with Crippen LogP contribution in [-0.4, -0.2) is 55.2 Å². The summed E-state index contributed by atoms with van der Waals surface area (Å²) in [4.78, 5) is 6.85. The molecule has 0 spiro atoms. The number of nitrogens with two attached hydrogens (primary N) is 1. The minimum absolute atomic E-state index is 0.0951. The van der Waals surface area contributed by atoms with Crippen molar-refractivity contribution in [2.24, 2.45) is 5.14 Å². The zero-order valence-electron chi connectivity index (χ0n) is 21.4. The van der Waals surface area contributed by atoms with Gasteiger partial charge in [-0.25, -0.2) is 23.1 Å². The van der Waals surface area contributed by atoms with Gasteiger partial charge in [0.25, 0.3) is 0 Å². The summed E-state index contributed by atoms with van der Waals surface area (Å²) in [5.41, 5.74) is 4.23. The van der Waals surface area contributed by atoms with E-state index in [0.29, 0.717) is 17.6 Å². The second kappa shape index (κ2) is 11.1. The summed E-state index contributed by atoms with van der Waals surface area (Å²) < 4.78 is 31.6. The highest BCUT2D eigenvalue weighted by Crippen LogP contribution is 2.34. The predicted octanol–water partition coefficient (Wildman–Crippen LogP) is 4.83. The van der Waals surface area contributed by atoms with Crippen LogP contribution in [0.3, 0.4) is 0 Å². The van der Waals surface area contributed by atoms with Crippen LogP contribution in [0.1, 0.15) is 13.8 Å². The number of sulfonamides is 1. The predicted molar refractivity (Wildman–Crippen MR) is 148 cm³/mol. The molecule has 0 aliphatic rings. The molecule has 9 heteroatoms. The Labute approximate surface area is 217 Å². The van der Waals surface area contributed by atoms with Gasteiger partial charge in [0.05, 0.1) is 11.1 Å². The molecule has 0 saturated carbocycles. The number of nitrogens with zero attached hydrogens (tertiary/aromatic N) is 4. The SMILES string of the molecule is CC.CN(C)CCOc1ccc(-c2cnc3c(-c4ccc(S(N)(=O)=O)c5ccccc45)cnn3c2)cc1. The molecule has 2 N–H and O–H groups in total. The van der Waals surface area contributed by atoms with E-state index in [0.717, 1.165) is 39.9 Å². The van der Waals surface area contributed by atoms with Crippen molar-refractivity contribution in [2.45, 2.75) is 18.7 Å². The van der Waals surface area contributed by atoms with Crippen LogP contribution in [0.2, 0.25) is 0 Å². The van der Waals surface area contributed by atoms with E-state index < -0.39 is 10.0 Å². The minimum Gasteiger partial charge on any atom is -0.492 e. The molecule has 37 heavy (non-hydrogen) atoms. The molecule has 192 valence electrons. The first-order valence-corrected chi connectivity index (χ1v) is 13.6. The van der Waals surface area contributed by atoms with Gasteiger partial charge in [-0.2, -0.15) is 5.10 Å². The first-order chi connectivity index (χ1) is 17.8. The Hall–Kier alpha value is -3.79. The number of fused-ring (bicyclic) bond motifs is 2. The van der Waals surface area contributed by atoms with E-state index in [9.17, 15) is 8.42 Å². The zero-order valence-corrected chi connectivity index (χ0v) is 22.2. The number of likely N-dealkylation sites (N-methyl/N-ethyl adjacent to an activating group) is 1. The Balaban J connectivity index is 0.00000156. The lowest BCUT2D eigenvalue weighted by Crippen LogP contribution is -2.19. The summed E-state index contributed by atoms with van der Waals surface area (Å²) >= 11 is 0. The molecule has 0 amide bonds. The molecule has 5 rings (SSSR count). The molecule has 0 unspecified atom stereocenters. The van der Waals surface area contributed by atoms with E-state index in [4.69, 9.17) is 9.88 Å². The lowest BCUT2D eigenvalue weighted by atomic mass is 10.00. The summed E-state index contributed by atoms with van der Waals surface area (Å²) in [6, 6.07) is 18.5. The first kappa shape index (κ1) is 26.3. The van der Waals surface area contributed by atoms with Gasteiger partial charge in [-0.1, -0.05) is 56.3 Å². The Morgan fingerprint density at radius 2 is 1.59 bits per heavy atom. The van der Waals surface area contributed by atoms with Gasteiger partial charge in [-0.05, 0) is 48.8 Å². The molecule has 2 heterocycles. The topological polar surface area (TPSA) is 103 Å². The van der Waals surface area contributed by atoms with Crippen molar-refractivity contribution in [2.75, 3.05) is 27.2 Å². The Morgan fingerprint density at radius 3 is 2.27 bits per heavy atom. The maximum absolute atomic E-state index is 12.1. The van der Waals surface area contributed by atoms with E-state index in [-0.39, 0.29) is 4.90 Å². The van der Waals surface area contributed by atoms with Crippen molar-refractivity contribution in [1.29, 1.82) is 0 Å².